The predicted molar refractivity (Wildman–Crippen MR) is 89.4 cm³/mol. The van der Waals surface area contributed by atoms with Crippen molar-refractivity contribution in [1.82, 2.24) is 24.9 Å². The number of aromatic amines is 1. The van der Waals surface area contributed by atoms with Gasteiger partial charge in [0, 0.05) is 19.3 Å². The lowest BCUT2D eigenvalue weighted by molar-refractivity contribution is 0.186. The van der Waals surface area contributed by atoms with Crippen molar-refractivity contribution in [2.75, 3.05) is 18.4 Å². The van der Waals surface area contributed by atoms with Gasteiger partial charge < -0.3 is 14.6 Å². The summed E-state index contributed by atoms with van der Waals surface area (Å²) in [5.74, 6) is 0.452. The van der Waals surface area contributed by atoms with Gasteiger partial charge in [0.1, 0.15) is 0 Å². The molecule has 2 aliphatic rings. The van der Waals surface area contributed by atoms with E-state index in [0.717, 1.165) is 12.8 Å². The first-order chi connectivity index (χ1) is 12.1. The molecule has 0 radical (unpaired) electrons. The summed E-state index contributed by atoms with van der Waals surface area (Å²) in [6, 6.07) is 0.203. The third-order valence-corrected chi connectivity index (χ3v) is 5.09. The molecule has 1 saturated carbocycles. The van der Waals surface area contributed by atoms with Crippen LogP contribution in [0, 0.1) is 5.92 Å². The Morgan fingerprint density at radius 2 is 2.28 bits per heavy atom. The minimum Gasteiger partial charge on any atom is -0.392 e. The van der Waals surface area contributed by atoms with Gasteiger partial charge in [-0.05, 0) is 38.5 Å². The van der Waals surface area contributed by atoms with Gasteiger partial charge in [-0.25, -0.2) is 14.7 Å². The lowest BCUT2D eigenvalue weighted by Crippen LogP contribution is -2.41. The standard InChI is InChI=1S/C16H22N6O3/c1-10(11-4-5-11)22-9-13(7-17-22)18-15(23)21-6-2-3-12(8-21)14-19-20-16(24)25-14/h7,9-12H,2-6,8H2,1H3,(H,18,23)(H,20,24)/t10-,12+/m1/s1. The van der Waals surface area contributed by atoms with Gasteiger partial charge in [0.15, 0.2) is 0 Å². The number of H-pyrrole nitrogens is 1. The first-order valence-electron chi connectivity index (χ1n) is 8.75. The molecule has 0 aromatic carbocycles. The van der Waals surface area contributed by atoms with Gasteiger partial charge in [-0.1, -0.05) is 0 Å². The Balaban J connectivity index is 1.38. The van der Waals surface area contributed by atoms with Gasteiger partial charge >= 0.3 is 11.8 Å². The Morgan fingerprint density at radius 1 is 1.44 bits per heavy atom. The molecular formula is C16H22N6O3. The number of urea groups is 1. The number of carbonyl (C=O) groups is 1. The highest BCUT2D eigenvalue weighted by Gasteiger charge is 2.30. The molecule has 0 bridgehead atoms. The van der Waals surface area contributed by atoms with Crippen molar-refractivity contribution in [3.63, 3.8) is 0 Å². The van der Waals surface area contributed by atoms with Crippen molar-refractivity contribution in [2.45, 2.75) is 44.6 Å². The fraction of sp³-hybridized carbons (Fsp3) is 0.625. The third-order valence-electron chi connectivity index (χ3n) is 5.09. The van der Waals surface area contributed by atoms with Crippen LogP contribution in [-0.4, -0.2) is 44.0 Å². The molecule has 2 fully saturated rings. The largest absolute Gasteiger partial charge is 0.434 e. The number of carbonyl (C=O) groups excluding carboxylic acids is 1. The predicted octanol–water partition coefficient (Wildman–Crippen LogP) is 1.94. The van der Waals surface area contributed by atoms with E-state index in [2.05, 4.69) is 27.5 Å². The van der Waals surface area contributed by atoms with E-state index in [9.17, 15) is 9.59 Å². The summed E-state index contributed by atoms with van der Waals surface area (Å²) in [4.78, 5) is 25.4. The molecule has 2 N–H and O–H groups in total. The van der Waals surface area contributed by atoms with Crippen molar-refractivity contribution in [3.8, 4) is 0 Å². The lowest BCUT2D eigenvalue weighted by atomic mass is 9.98. The van der Waals surface area contributed by atoms with Gasteiger partial charge in [0.25, 0.3) is 0 Å². The molecule has 0 spiro atoms. The summed E-state index contributed by atoms with van der Waals surface area (Å²) in [7, 11) is 0. The van der Waals surface area contributed by atoms with Crippen LogP contribution in [-0.2, 0) is 0 Å². The molecule has 1 aliphatic carbocycles. The molecule has 2 aromatic heterocycles. The van der Waals surface area contributed by atoms with Crippen LogP contribution < -0.4 is 11.1 Å². The molecule has 2 atom stereocenters. The average molecular weight is 346 g/mol. The van der Waals surface area contributed by atoms with Gasteiger partial charge in [0.2, 0.25) is 5.89 Å². The van der Waals surface area contributed by atoms with Crippen molar-refractivity contribution < 1.29 is 9.21 Å². The van der Waals surface area contributed by atoms with Gasteiger partial charge in [-0.3, -0.25) is 4.68 Å². The van der Waals surface area contributed by atoms with E-state index in [1.54, 1.807) is 11.1 Å². The minimum absolute atomic E-state index is 0.0592. The van der Waals surface area contributed by atoms with E-state index in [1.807, 2.05) is 10.9 Å². The molecule has 2 amide bonds. The smallest absolute Gasteiger partial charge is 0.392 e. The maximum atomic E-state index is 12.5. The van der Waals surface area contributed by atoms with E-state index in [-0.39, 0.29) is 11.9 Å². The van der Waals surface area contributed by atoms with Crippen LogP contribution in [0.25, 0.3) is 0 Å². The first-order valence-corrected chi connectivity index (χ1v) is 8.75. The SMILES string of the molecule is C[C@H](C1CC1)n1cc(NC(=O)N2CCC[C@H](c3n[nH]c(=O)o3)C2)cn1. The number of anilines is 1. The average Bonchev–Trinajstić information content (AvgIpc) is 3.22. The van der Waals surface area contributed by atoms with Crippen LogP contribution in [0.1, 0.15) is 50.5 Å². The monoisotopic (exact) mass is 346 g/mol. The zero-order chi connectivity index (χ0) is 17.4. The van der Waals surface area contributed by atoms with Crippen LogP contribution in [0.15, 0.2) is 21.6 Å². The quantitative estimate of drug-likeness (QED) is 0.879. The van der Waals surface area contributed by atoms with Crippen LogP contribution in [0.4, 0.5) is 10.5 Å². The fourth-order valence-corrected chi connectivity index (χ4v) is 3.40. The maximum absolute atomic E-state index is 12.5. The number of nitrogens with zero attached hydrogens (tertiary/aromatic N) is 4. The highest BCUT2D eigenvalue weighted by Crippen LogP contribution is 2.39. The first kappa shape index (κ1) is 15.9. The van der Waals surface area contributed by atoms with E-state index >= 15 is 0 Å². The molecule has 1 saturated heterocycles. The molecule has 0 unspecified atom stereocenters. The number of rotatable bonds is 4. The Labute approximate surface area is 144 Å². The summed E-state index contributed by atoms with van der Waals surface area (Å²) in [6.45, 7) is 3.30. The summed E-state index contributed by atoms with van der Waals surface area (Å²) in [5.41, 5.74) is 0.700. The number of nitrogens with one attached hydrogen (secondary N) is 2. The summed E-state index contributed by atoms with van der Waals surface area (Å²) in [5, 5.41) is 13.4. The van der Waals surface area contributed by atoms with Crippen molar-refractivity contribution in [3.05, 3.63) is 28.8 Å². The van der Waals surface area contributed by atoms with Gasteiger partial charge in [-0.2, -0.15) is 5.10 Å². The van der Waals surface area contributed by atoms with Crippen molar-refractivity contribution in [2.24, 2.45) is 5.92 Å². The number of piperidine rings is 1. The molecule has 25 heavy (non-hydrogen) atoms. The Bertz CT molecular complexity index is 805. The topological polar surface area (TPSA) is 109 Å². The molecule has 2 aromatic rings. The summed E-state index contributed by atoms with van der Waals surface area (Å²) < 4.78 is 6.95. The maximum Gasteiger partial charge on any atom is 0.434 e. The number of likely N-dealkylation sites (tertiary alicyclic amines) is 1. The molecule has 134 valence electrons. The van der Waals surface area contributed by atoms with Crippen LogP contribution in [0.2, 0.25) is 0 Å². The molecule has 9 heteroatoms. The zero-order valence-electron chi connectivity index (χ0n) is 14.1. The molecule has 3 heterocycles. The van der Waals surface area contributed by atoms with E-state index < -0.39 is 5.76 Å². The lowest BCUT2D eigenvalue weighted by Gasteiger charge is -2.30. The van der Waals surface area contributed by atoms with Gasteiger partial charge in [-0.15, -0.1) is 5.10 Å². The van der Waals surface area contributed by atoms with Crippen LogP contribution in [0.3, 0.4) is 0 Å². The number of hydrogen-bond donors (Lipinski definition) is 2. The minimum atomic E-state index is -0.561. The van der Waals surface area contributed by atoms with E-state index in [4.69, 9.17) is 4.42 Å². The van der Waals surface area contributed by atoms with Gasteiger partial charge in [0.05, 0.1) is 23.8 Å². The second-order valence-electron chi connectivity index (χ2n) is 6.95. The zero-order valence-corrected chi connectivity index (χ0v) is 14.1. The highest BCUT2D eigenvalue weighted by molar-refractivity contribution is 5.89. The van der Waals surface area contributed by atoms with E-state index in [0.29, 0.717) is 36.6 Å². The van der Waals surface area contributed by atoms with Crippen LogP contribution >= 0.6 is 0 Å². The molecule has 1 aliphatic heterocycles. The van der Waals surface area contributed by atoms with E-state index in [1.165, 1.54) is 12.8 Å². The summed E-state index contributed by atoms with van der Waals surface area (Å²) in [6.07, 6.45) is 7.75. The molecular weight excluding hydrogens is 324 g/mol. The number of amides is 2. The number of aromatic nitrogens is 4. The number of hydrogen-bond acceptors (Lipinski definition) is 5. The normalized spacial score (nSPS) is 22.0. The summed E-state index contributed by atoms with van der Waals surface area (Å²) >= 11 is 0. The van der Waals surface area contributed by atoms with Crippen molar-refractivity contribution >= 4 is 11.7 Å². The van der Waals surface area contributed by atoms with Crippen LogP contribution in [0.5, 0.6) is 0 Å². The Kier molecular flexibility index (Phi) is 4.06. The second kappa shape index (κ2) is 6.38. The fourth-order valence-electron chi connectivity index (χ4n) is 3.40. The molecule has 4 rings (SSSR count). The highest BCUT2D eigenvalue weighted by atomic mass is 16.4. The second-order valence-corrected chi connectivity index (χ2v) is 6.95. The Morgan fingerprint density at radius 3 is 3.00 bits per heavy atom. The van der Waals surface area contributed by atoms with Crippen molar-refractivity contribution in [1.29, 1.82) is 0 Å². The Hall–Kier alpha value is -2.58. The molecule has 9 nitrogen and oxygen atoms in total. The third kappa shape index (κ3) is 3.45.